The zero-order chi connectivity index (χ0) is 19.4. The number of hydrogen-bond acceptors (Lipinski definition) is 1. The van der Waals surface area contributed by atoms with Crippen LogP contribution in [0.25, 0.3) is 0 Å². The second-order valence-corrected chi connectivity index (χ2v) is 7.44. The Morgan fingerprint density at radius 2 is 1.54 bits per heavy atom. The van der Waals surface area contributed by atoms with E-state index in [1.165, 1.54) is 17.7 Å². The standard InChI is InChI=1S/C20H23F3N2S/c1-14(13-19(2,3)15-7-5-4-6-8-15)24-18(26)25-17-11-9-16(10-12-17)20(21,22)23/h4-12,14H,13H2,1-3H3,(H2,24,25,26)/t14-/m0/s1. The first kappa shape index (κ1) is 20.2. The van der Waals surface area contributed by atoms with E-state index in [-0.39, 0.29) is 11.5 Å². The van der Waals surface area contributed by atoms with Crippen molar-refractivity contribution in [3.8, 4) is 0 Å². The van der Waals surface area contributed by atoms with E-state index in [2.05, 4.69) is 36.6 Å². The molecule has 0 aliphatic rings. The summed E-state index contributed by atoms with van der Waals surface area (Å²) in [5.41, 5.74) is 1.05. The second-order valence-electron chi connectivity index (χ2n) is 7.03. The average Bonchev–Trinajstić information content (AvgIpc) is 2.54. The first-order valence-corrected chi connectivity index (χ1v) is 8.79. The third kappa shape index (κ3) is 5.73. The van der Waals surface area contributed by atoms with Gasteiger partial charge in [-0.1, -0.05) is 44.2 Å². The van der Waals surface area contributed by atoms with Gasteiger partial charge in [0, 0.05) is 11.7 Å². The maximum absolute atomic E-state index is 12.6. The van der Waals surface area contributed by atoms with Gasteiger partial charge in [-0.25, -0.2) is 0 Å². The Hall–Kier alpha value is -2.08. The fraction of sp³-hybridized carbons (Fsp3) is 0.350. The average molecular weight is 380 g/mol. The number of halogens is 3. The number of rotatable bonds is 5. The zero-order valence-corrected chi connectivity index (χ0v) is 15.8. The van der Waals surface area contributed by atoms with E-state index in [0.29, 0.717) is 10.8 Å². The number of alkyl halides is 3. The van der Waals surface area contributed by atoms with Crippen molar-refractivity contribution in [3.63, 3.8) is 0 Å². The van der Waals surface area contributed by atoms with E-state index in [4.69, 9.17) is 12.2 Å². The summed E-state index contributed by atoms with van der Waals surface area (Å²) in [5, 5.41) is 6.52. The van der Waals surface area contributed by atoms with Crippen LogP contribution in [0.1, 0.15) is 38.3 Å². The first-order valence-electron chi connectivity index (χ1n) is 8.38. The van der Waals surface area contributed by atoms with E-state index in [9.17, 15) is 13.2 Å². The smallest absolute Gasteiger partial charge is 0.360 e. The topological polar surface area (TPSA) is 24.1 Å². The summed E-state index contributed by atoms with van der Waals surface area (Å²) in [4.78, 5) is 0. The minimum atomic E-state index is -4.34. The van der Waals surface area contributed by atoms with Crippen molar-refractivity contribution in [2.45, 2.75) is 44.8 Å². The molecule has 2 aromatic carbocycles. The van der Waals surface area contributed by atoms with Crippen molar-refractivity contribution in [2.24, 2.45) is 0 Å². The Kier molecular flexibility index (Phi) is 6.29. The highest BCUT2D eigenvalue weighted by atomic mass is 32.1. The number of anilines is 1. The van der Waals surface area contributed by atoms with Gasteiger partial charge in [-0.05, 0) is 60.8 Å². The summed E-state index contributed by atoms with van der Waals surface area (Å²) in [5.74, 6) is 0. The Morgan fingerprint density at radius 3 is 2.08 bits per heavy atom. The molecule has 0 unspecified atom stereocenters. The number of hydrogen-bond donors (Lipinski definition) is 2. The van der Waals surface area contributed by atoms with Crippen molar-refractivity contribution in [2.75, 3.05) is 5.32 Å². The predicted octanol–water partition coefficient (Wildman–Crippen LogP) is 5.75. The van der Waals surface area contributed by atoms with Crippen LogP contribution in [-0.4, -0.2) is 11.2 Å². The highest BCUT2D eigenvalue weighted by Crippen LogP contribution is 2.30. The SMILES string of the molecule is C[C@@H](CC(C)(C)c1ccccc1)NC(=S)Nc1ccc(C(F)(F)F)cc1. The van der Waals surface area contributed by atoms with Gasteiger partial charge < -0.3 is 10.6 Å². The van der Waals surface area contributed by atoms with Crippen LogP contribution in [0.4, 0.5) is 18.9 Å². The molecule has 0 bridgehead atoms. The first-order chi connectivity index (χ1) is 12.1. The van der Waals surface area contributed by atoms with Crippen molar-refractivity contribution in [1.29, 1.82) is 0 Å². The Balaban J connectivity index is 1.91. The van der Waals surface area contributed by atoms with Gasteiger partial charge >= 0.3 is 6.18 Å². The molecule has 1 atom stereocenters. The molecule has 2 nitrogen and oxygen atoms in total. The lowest BCUT2D eigenvalue weighted by Gasteiger charge is -2.29. The zero-order valence-electron chi connectivity index (χ0n) is 15.0. The summed E-state index contributed by atoms with van der Waals surface area (Å²) in [7, 11) is 0. The third-order valence-electron chi connectivity index (χ3n) is 4.22. The highest BCUT2D eigenvalue weighted by Gasteiger charge is 2.30. The lowest BCUT2D eigenvalue weighted by Crippen LogP contribution is -2.39. The molecular formula is C20H23F3N2S. The van der Waals surface area contributed by atoms with Crippen LogP contribution in [-0.2, 0) is 11.6 Å². The molecule has 0 aliphatic carbocycles. The maximum atomic E-state index is 12.6. The molecule has 0 heterocycles. The predicted molar refractivity (Wildman–Crippen MR) is 104 cm³/mol. The van der Waals surface area contributed by atoms with Gasteiger partial charge in [0.25, 0.3) is 0 Å². The molecule has 0 amide bonds. The van der Waals surface area contributed by atoms with Crippen LogP contribution in [0, 0.1) is 0 Å². The summed E-state index contributed by atoms with van der Waals surface area (Å²) < 4.78 is 37.8. The Bertz CT molecular complexity index is 725. The second kappa shape index (κ2) is 8.08. The lowest BCUT2D eigenvalue weighted by atomic mass is 9.79. The summed E-state index contributed by atoms with van der Waals surface area (Å²) in [6.07, 6.45) is -3.49. The number of benzene rings is 2. The van der Waals surface area contributed by atoms with Crippen molar-refractivity contribution < 1.29 is 13.2 Å². The van der Waals surface area contributed by atoms with Gasteiger partial charge in [0.1, 0.15) is 0 Å². The largest absolute Gasteiger partial charge is 0.416 e. The van der Waals surface area contributed by atoms with Gasteiger partial charge in [-0.2, -0.15) is 13.2 Å². The van der Waals surface area contributed by atoms with Gasteiger partial charge in [0.05, 0.1) is 5.56 Å². The molecular weight excluding hydrogens is 357 g/mol. The quantitative estimate of drug-likeness (QED) is 0.646. The number of thiocarbonyl (C=S) groups is 1. The molecule has 0 aromatic heterocycles. The van der Waals surface area contributed by atoms with Crippen LogP contribution in [0.2, 0.25) is 0 Å². The van der Waals surface area contributed by atoms with Crippen molar-refractivity contribution >= 4 is 23.0 Å². The highest BCUT2D eigenvalue weighted by molar-refractivity contribution is 7.80. The third-order valence-corrected chi connectivity index (χ3v) is 4.44. The van der Waals surface area contributed by atoms with Crippen LogP contribution in [0.5, 0.6) is 0 Å². The van der Waals surface area contributed by atoms with Crippen LogP contribution < -0.4 is 10.6 Å². The Morgan fingerprint density at radius 1 is 0.962 bits per heavy atom. The molecule has 0 saturated carbocycles. The lowest BCUT2D eigenvalue weighted by molar-refractivity contribution is -0.137. The van der Waals surface area contributed by atoms with E-state index < -0.39 is 11.7 Å². The molecule has 0 saturated heterocycles. The summed E-state index contributed by atoms with van der Waals surface area (Å²) in [6, 6.07) is 15.1. The molecule has 0 aliphatic heterocycles. The molecule has 0 radical (unpaired) electrons. The minimum Gasteiger partial charge on any atom is -0.360 e. The molecule has 2 rings (SSSR count). The molecule has 140 valence electrons. The molecule has 6 heteroatoms. The molecule has 0 fully saturated rings. The van der Waals surface area contributed by atoms with Crippen LogP contribution >= 0.6 is 12.2 Å². The normalized spacial score (nSPS) is 13.2. The number of nitrogens with one attached hydrogen (secondary N) is 2. The van der Waals surface area contributed by atoms with E-state index in [1.807, 2.05) is 25.1 Å². The van der Waals surface area contributed by atoms with E-state index in [0.717, 1.165) is 18.6 Å². The molecule has 26 heavy (non-hydrogen) atoms. The van der Waals surface area contributed by atoms with E-state index >= 15 is 0 Å². The summed E-state index contributed by atoms with van der Waals surface area (Å²) >= 11 is 5.28. The van der Waals surface area contributed by atoms with Crippen molar-refractivity contribution in [3.05, 3.63) is 65.7 Å². The van der Waals surface area contributed by atoms with E-state index in [1.54, 1.807) is 0 Å². The van der Waals surface area contributed by atoms with Gasteiger partial charge in [0.2, 0.25) is 0 Å². The Labute approximate surface area is 157 Å². The maximum Gasteiger partial charge on any atom is 0.416 e. The monoisotopic (exact) mass is 380 g/mol. The van der Waals surface area contributed by atoms with Gasteiger partial charge in [-0.3, -0.25) is 0 Å². The molecule has 2 N–H and O–H groups in total. The van der Waals surface area contributed by atoms with Crippen LogP contribution in [0.3, 0.4) is 0 Å². The summed E-state index contributed by atoms with van der Waals surface area (Å²) in [6.45, 7) is 6.38. The molecule has 2 aromatic rings. The van der Waals surface area contributed by atoms with Gasteiger partial charge in [-0.15, -0.1) is 0 Å². The fourth-order valence-electron chi connectivity index (χ4n) is 2.96. The minimum absolute atomic E-state index is 0.0301. The van der Waals surface area contributed by atoms with Gasteiger partial charge in [0.15, 0.2) is 5.11 Å². The molecule has 0 spiro atoms. The van der Waals surface area contributed by atoms with Crippen LogP contribution in [0.15, 0.2) is 54.6 Å². The fourth-order valence-corrected chi connectivity index (χ4v) is 3.28. The van der Waals surface area contributed by atoms with Crippen molar-refractivity contribution in [1.82, 2.24) is 5.32 Å².